The van der Waals surface area contributed by atoms with E-state index in [4.69, 9.17) is 4.74 Å². The Morgan fingerprint density at radius 2 is 1.91 bits per heavy atom. The highest BCUT2D eigenvalue weighted by atomic mass is 32.1. The van der Waals surface area contributed by atoms with Gasteiger partial charge in [-0.3, -0.25) is 4.79 Å². The molecule has 0 atom stereocenters. The SMILES string of the molecule is C=CC(=O)Nc1cccc(Oc2nc(Nc3ccc(C4CCN(C)CC4)cc3)nc3ccsc23)c1. The van der Waals surface area contributed by atoms with Crippen LogP contribution in [0.4, 0.5) is 17.3 Å². The second-order valence-electron chi connectivity index (χ2n) is 8.64. The lowest BCUT2D eigenvalue weighted by Gasteiger charge is -2.29. The maximum absolute atomic E-state index is 11.6. The molecule has 0 spiro atoms. The molecule has 1 amide bonds. The molecule has 1 aliphatic heterocycles. The Bertz CT molecular complexity index is 1340. The van der Waals surface area contributed by atoms with Gasteiger partial charge >= 0.3 is 0 Å². The number of benzene rings is 2. The van der Waals surface area contributed by atoms with E-state index in [1.807, 2.05) is 23.6 Å². The predicted molar refractivity (Wildman–Crippen MR) is 142 cm³/mol. The number of piperidine rings is 1. The molecule has 0 bridgehead atoms. The van der Waals surface area contributed by atoms with Crippen LogP contribution in [0.3, 0.4) is 0 Å². The van der Waals surface area contributed by atoms with Crippen molar-refractivity contribution in [3.8, 4) is 11.6 Å². The fourth-order valence-corrected chi connectivity index (χ4v) is 4.97. The van der Waals surface area contributed by atoms with Crippen molar-refractivity contribution in [1.29, 1.82) is 0 Å². The van der Waals surface area contributed by atoms with E-state index < -0.39 is 0 Å². The van der Waals surface area contributed by atoms with E-state index in [1.165, 1.54) is 35.8 Å². The van der Waals surface area contributed by atoms with Gasteiger partial charge in [-0.05, 0) is 86.2 Å². The van der Waals surface area contributed by atoms with Gasteiger partial charge in [-0.25, -0.2) is 4.98 Å². The van der Waals surface area contributed by atoms with Crippen molar-refractivity contribution >= 4 is 44.8 Å². The Hall–Kier alpha value is -3.75. The molecule has 2 N–H and O–H groups in total. The van der Waals surface area contributed by atoms with Crippen molar-refractivity contribution in [2.45, 2.75) is 18.8 Å². The van der Waals surface area contributed by atoms with E-state index >= 15 is 0 Å². The standard InChI is InChI=1S/C27H27N5O2S/c1-3-24(33)28-21-5-4-6-22(17-21)34-26-25-23(13-16-35-25)30-27(31-26)29-20-9-7-18(8-10-20)19-11-14-32(2)15-12-19/h3-10,13,16-17,19H,1,11-12,14-15H2,2H3,(H,28,33)(H,29,30,31). The van der Waals surface area contributed by atoms with Crippen LogP contribution in [-0.4, -0.2) is 40.9 Å². The van der Waals surface area contributed by atoms with Crippen LogP contribution in [0.25, 0.3) is 10.2 Å². The number of fused-ring (bicyclic) bond motifs is 1. The lowest BCUT2D eigenvalue weighted by atomic mass is 9.89. The maximum Gasteiger partial charge on any atom is 0.247 e. The smallest absolute Gasteiger partial charge is 0.247 e. The quantitative estimate of drug-likeness (QED) is 0.305. The van der Waals surface area contributed by atoms with Crippen molar-refractivity contribution in [2.24, 2.45) is 0 Å². The number of carbonyl (C=O) groups excluding carboxylic acids is 1. The third-order valence-electron chi connectivity index (χ3n) is 6.13. The molecule has 7 nitrogen and oxygen atoms in total. The summed E-state index contributed by atoms with van der Waals surface area (Å²) < 4.78 is 6.98. The molecular formula is C27H27N5O2S. The number of anilines is 3. The van der Waals surface area contributed by atoms with E-state index in [0.29, 0.717) is 29.2 Å². The third-order valence-corrected chi connectivity index (χ3v) is 7.02. The number of rotatable bonds is 7. The number of likely N-dealkylation sites (tertiary alicyclic amines) is 1. The summed E-state index contributed by atoms with van der Waals surface area (Å²) in [5.74, 6) is 1.83. The van der Waals surface area contributed by atoms with Gasteiger partial charge in [0.15, 0.2) is 0 Å². The zero-order valence-electron chi connectivity index (χ0n) is 19.5. The summed E-state index contributed by atoms with van der Waals surface area (Å²) in [5, 5.41) is 8.03. The Morgan fingerprint density at radius 1 is 1.11 bits per heavy atom. The molecule has 0 radical (unpaired) electrons. The fourth-order valence-electron chi connectivity index (χ4n) is 4.21. The van der Waals surface area contributed by atoms with Gasteiger partial charge in [0.05, 0.1) is 5.52 Å². The molecule has 4 aromatic rings. The molecule has 5 rings (SSSR count). The summed E-state index contributed by atoms with van der Waals surface area (Å²) in [4.78, 5) is 23.3. The van der Waals surface area contributed by atoms with Gasteiger partial charge in [0, 0.05) is 17.4 Å². The average Bonchev–Trinajstić information content (AvgIpc) is 3.34. The lowest BCUT2D eigenvalue weighted by molar-refractivity contribution is -0.111. The van der Waals surface area contributed by atoms with Crippen LogP contribution in [0.15, 0.2) is 72.6 Å². The average molecular weight is 486 g/mol. The van der Waals surface area contributed by atoms with Crippen LogP contribution in [-0.2, 0) is 4.79 Å². The number of nitrogens with one attached hydrogen (secondary N) is 2. The number of carbonyl (C=O) groups is 1. The summed E-state index contributed by atoms with van der Waals surface area (Å²) >= 11 is 1.52. The van der Waals surface area contributed by atoms with Crippen LogP contribution < -0.4 is 15.4 Å². The van der Waals surface area contributed by atoms with Gasteiger partial charge < -0.3 is 20.3 Å². The second-order valence-corrected chi connectivity index (χ2v) is 9.55. The maximum atomic E-state index is 11.6. The number of aromatic nitrogens is 2. The van der Waals surface area contributed by atoms with E-state index in [-0.39, 0.29) is 5.91 Å². The molecular weight excluding hydrogens is 458 g/mol. The highest BCUT2D eigenvalue weighted by molar-refractivity contribution is 7.17. The third kappa shape index (κ3) is 5.50. The minimum Gasteiger partial charge on any atom is -0.437 e. The fraction of sp³-hybridized carbons (Fsp3) is 0.222. The Kier molecular flexibility index (Phi) is 6.74. The van der Waals surface area contributed by atoms with Crippen molar-refractivity contribution in [1.82, 2.24) is 14.9 Å². The summed E-state index contributed by atoms with van der Waals surface area (Å²) in [5.41, 5.74) is 3.73. The minimum absolute atomic E-state index is 0.279. The molecule has 1 fully saturated rings. The number of ether oxygens (including phenoxy) is 1. The van der Waals surface area contributed by atoms with E-state index in [1.54, 1.807) is 12.1 Å². The largest absolute Gasteiger partial charge is 0.437 e. The highest BCUT2D eigenvalue weighted by Crippen LogP contribution is 2.34. The van der Waals surface area contributed by atoms with Crippen LogP contribution in [0.1, 0.15) is 24.3 Å². The van der Waals surface area contributed by atoms with Gasteiger partial charge in [0.25, 0.3) is 0 Å². The topological polar surface area (TPSA) is 79.4 Å². The number of thiophene rings is 1. The Labute approximate surface area is 208 Å². The molecule has 2 aromatic carbocycles. The first-order chi connectivity index (χ1) is 17.1. The number of hydrogen-bond donors (Lipinski definition) is 2. The summed E-state index contributed by atoms with van der Waals surface area (Å²) in [7, 11) is 2.18. The van der Waals surface area contributed by atoms with Crippen molar-refractivity contribution in [3.05, 3.63) is 78.2 Å². The van der Waals surface area contributed by atoms with E-state index in [2.05, 4.69) is 63.4 Å². The molecule has 35 heavy (non-hydrogen) atoms. The second kappa shape index (κ2) is 10.2. The van der Waals surface area contributed by atoms with E-state index in [0.717, 1.165) is 29.0 Å². The number of amides is 1. The highest BCUT2D eigenvalue weighted by Gasteiger charge is 2.18. The monoisotopic (exact) mass is 485 g/mol. The summed E-state index contributed by atoms with van der Waals surface area (Å²) in [6.45, 7) is 5.77. The first kappa shape index (κ1) is 23.0. The van der Waals surface area contributed by atoms with Crippen molar-refractivity contribution in [2.75, 3.05) is 30.8 Å². The zero-order valence-corrected chi connectivity index (χ0v) is 20.3. The summed E-state index contributed by atoms with van der Waals surface area (Å²) in [6, 6.07) is 17.7. The first-order valence-electron chi connectivity index (χ1n) is 11.6. The van der Waals surface area contributed by atoms with Gasteiger partial charge in [0.2, 0.25) is 17.7 Å². The molecule has 0 unspecified atom stereocenters. The molecule has 0 saturated carbocycles. The molecule has 3 heterocycles. The van der Waals surface area contributed by atoms with E-state index in [9.17, 15) is 4.79 Å². The lowest BCUT2D eigenvalue weighted by Crippen LogP contribution is -2.29. The predicted octanol–water partition coefficient (Wildman–Crippen LogP) is 6.16. The van der Waals surface area contributed by atoms with Crippen molar-refractivity contribution < 1.29 is 9.53 Å². The Balaban J connectivity index is 1.35. The molecule has 0 aliphatic carbocycles. The van der Waals surface area contributed by atoms with Gasteiger partial charge in [-0.2, -0.15) is 4.98 Å². The summed E-state index contributed by atoms with van der Waals surface area (Å²) in [6.07, 6.45) is 3.62. The first-order valence-corrected chi connectivity index (χ1v) is 12.5. The van der Waals surface area contributed by atoms with Crippen molar-refractivity contribution in [3.63, 3.8) is 0 Å². The van der Waals surface area contributed by atoms with Crippen LogP contribution in [0.2, 0.25) is 0 Å². The Morgan fingerprint density at radius 3 is 2.69 bits per heavy atom. The number of nitrogens with zero attached hydrogens (tertiary/aromatic N) is 3. The van der Waals surface area contributed by atoms with Crippen LogP contribution in [0.5, 0.6) is 11.6 Å². The molecule has 2 aromatic heterocycles. The van der Waals surface area contributed by atoms with Gasteiger partial charge in [0.1, 0.15) is 10.4 Å². The molecule has 8 heteroatoms. The minimum atomic E-state index is -0.279. The van der Waals surface area contributed by atoms with Crippen LogP contribution in [0, 0.1) is 0 Å². The molecule has 178 valence electrons. The molecule has 1 saturated heterocycles. The number of hydrogen-bond acceptors (Lipinski definition) is 7. The van der Waals surface area contributed by atoms with Gasteiger partial charge in [-0.1, -0.05) is 24.8 Å². The molecule has 1 aliphatic rings. The zero-order chi connectivity index (χ0) is 24.2. The van der Waals surface area contributed by atoms with Gasteiger partial charge in [-0.15, -0.1) is 11.3 Å². The van der Waals surface area contributed by atoms with Crippen LogP contribution >= 0.6 is 11.3 Å². The normalized spacial score (nSPS) is 14.5.